The maximum atomic E-state index is 12.7. The van der Waals surface area contributed by atoms with Crippen LogP contribution in [-0.2, 0) is 6.18 Å². The van der Waals surface area contributed by atoms with Crippen molar-refractivity contribution in [3.8, 4) is 0 Å². The van der Waals surface area contributed by atoms with Crippen molar-refractivity contribution in [1.82, 2.24) is 9.71 Å². The highest BCUT2D eigenvalue weighted by atomic mass is 32.2. The molecule has 0 bridgehead atoms. The van der Waals surface area contributed by atoms with Crippen LogP contribution in [0.4, 0.5) is 18.9 Å². The van der Waals surface area contributed by atoms with Crippen molar-refractivity contribution in [1.29, 1.82) is 0 Å². The highest BCUT2D eigenvalue weighted by Crippen LogP contribution is 2.36. The van der Waals surface area contributed by atoms with Crippen molar-refractivity contribution in [2.24, 2.45) is 0 Å². The van der Waals surface area contributed by atoms with Crippen LogP contribution in [0.25, 0.3) is 0 Å². The van der Waals surface area contributed by atoms with Crippen LogP contribution in [0.15, 0.2) is 17.3 Å². The van der Waals surface area contributed by atoms with Crippen molar-refractivity contribution < 1.29 is 18.1 Å². The van der Waals surface area contributed by atoms with Crippen LogP contribution in [0.3, 0.4) is 0 Å². The average molecular weight is 281 g/mol. The topological polar surface area (TPSA) is 68.1 Å². The predicted octanol–water partition coefficient (Wildman–Crippen LogP) is 3.02. The minimum absolute atomic E-state index is 0.318. The normalized spacial score (nSPS) is 11.6. The molecule has 0 atom stereocenters. The van der Waals surface area contributed by atoms with E-state index in [1.807, 2.05) is 6.92 Å². The molecule has 5 nitrogen and oxygen atoms in total. The Morgan fingerprint density at radius 1 is 1.56 bits per heavy atom. The smallest absolute Gasteiger partial charge is 0.259 e. The van der Waals surface area contributed by atoms with Gasteiger partial charge in [-0.15, -0.1) is 0 Å². The number of halogens is 3. The summed E-state index contributed by atoms with van der Waals surface area (Å²) in [5.74, 6) is 0. The summed E-state index contributed by atoms with van der Waals surface area (Å²) in [7, 11) is 0. The summed E-state index contributed by atoms with van der Waals surface area (Å²) in [6.07, 6.45) is -3.11. The van der Waals surface area contributed by atoms with Crippen LogP contribution in [0, 0.1) is 10.1 Å². The molecular formula is C9H10F3N3O2S. The number of alkyl halides is 3. The Labute approximate surface area is 105 Å². The second-order valence-electron chi connectivity index (χ2n) is 3.30. The Morgan fingerprint density at radius 3 is 2.72 bits per heavy atom. The van der Waals surface area contributed by atoms with E-state index in [0.717, 1.165) is 12.6 Å². The van der Waals surface area contributed by atoms with Crippen molar-refractivity contribution >= 4 is 17.6 Å². The van der Waals surface area contributed by atoms with Gasteiger partial charge in [0.2, 0.25) is 0 Å². The van der Waals surface area contributed by atoms with Gasteiger partial charge in [0.1, 0.15) is 11.2 Å². The number of nitrogens with zero attached hydrogens (tertiary/aromatic N) is 2. The number of aromatic nitrogens is 1. The molecule has 0 aromatic carbocycles. The molecule has 18 heavy (non-hydrogen) atoms. The molecule has 0 aliphatic rings. The van der Waals surface area contributed by atoms with Crippen LogP contribution >= 0.6 is 11.9 Å². The number of hydrogen-bond acceptors (Lipinski definition) is 5. The van der Waals surface area contributed by atoms with Gasteiger partial charge in [0.25, 0.3) is 5.69 Å². The second kappa shape index (κ2) is 6.01. The summed E-state index contributed by atoms with van der Waals surface area (Å²) in [5, 5.41) is 10.1. The van der Waals surface area contributed by atoms with Crippen LogP contribution in [0.5, 0.6) is 0 Å². The molecule has 1 N–H and O–H groups in total. The van der Waals surface area contributed by atoms with E-state index in [0.29, 0.717) is 24.6 Å². The average Bonchev–Trinajstić information content (AvgIpc) is 2.28. The van der Waals surface area contributed by atoms with Crippen LogP contribution in [0.1, 0.15) is 18.9 Å². The largest absolute Gasteiger partial charge is 0.419 e. The number of pyridine rings is 1. The lowest BCUT2D eigenvalue weighted by molar-refractivity contribution is -0.385. The molecule has 0 spiro atoms. The Balaban J connectivity index is 3.05. The van der Waals surface area contributed by atoms with Gasteiger partial charge in [0, 0.05) is 12.6 Å². The second-order valence-corrected chi connectivity index (χ2v) is 4.18. The Kier molecular flexibility index (Phi) is 4.91. The molecule has 1 aromatic heterocycles. The summed E-state index contributed by atoms with van der Waals surface area (Å²) >= 11 is 0.715. The van der Waals surface area contributed by atoms with Crippen molar-refractivity contribution in [3.63, 3.8) is 0 Å². The van der Waals surface area contributed by atoms with E-state index in [1.165, 1.54) is 0 Å². The monoisotopic (exact) mass is 281 g/mol. The number of rotatable bonds is 5. The first-order valence-electron chi connectivity index (χ1n) is 4.97. The van der Waals surface area contributed by atoms with Crippen molar-refractivity contribution in [2.45, 2.75) is 24.5 Å². The van der Waals surface area contributed by atoms with E-state index >= 15 is 0 Å². The van der Waals surface area contributed by atoms with Gasteiger partial charge >= 0.3 is 6.18 Å². The third-order valence-corrected chi connectivity index (χ3v) is 2.74. The lowest BCUT2D eigenvalue weighted by Crippen LogP contribution is -2.12. The number of hydrogen-bond donors (Lipinski definition) is 1. The first kappa shape index (κ1) is 14.7. The van der Waals surface area contributed by atoms with Gasteiger partial charge in [-0.1, -0.05) is 6.92 Å². The molecule has 1 rings (SSSR count). The molecule has 0 unspecified atom stereocenters. The lowest BCUT2D eigenvalue weighted by atomic mass is 10.2. The molecule has 0 aliphatic heterocycles. The number of nitro groups is 1. The van der Waals surface area contributed by atoms with Crippen LogP contribution in [0.2, 0.25) is 0 Å². The third-order valence-electron chi connectivity index (χ3n) is 1.87. The molecule has 0 fully saturated rings. The molecule has 0 saturated carbocycles. The van der Waals surface area contributed by atoms with Gasteiger partial charge < -0.3 is 0 Å². The van der Waals surface area contributed by atoms with Gasteiger partial charge in [0.15, 0.2) is 0 Å². The van der Waals surface area contributed by atoms with Gasteiger partial charge in [0.05, 0.1) is 10.5 Å². The molecule has 0 amide bonds. The van der Waals surface area contributed by atoms with Crippen molar-refractivity contribution in [2.75, 3.05) is 6.54 Å². The lowest BCUT2D eigenvalue weighted by Gasteiger charge is -2.11. The van der Waals surface area contributed by atoms with Crippen LogP contribution < -0.4 is 4.72 Å². The molecule has 9 heteroatoms. The van der Waals surface area contributed by atoms with E-state index < -0.39 is 22.4 Å². The molecule has 100 valence electrons. The van der Waals surface area contributed by atoms with Gasteiger partial charge in [-0.05, 0) is 18.4 Å². The molecule has 0 saturated heterocycles. The minimum Gasteiger partial charge on any atom is -0.259 e. The molecule has 0 aliphatic carbocycles. The zero-order chi connectivity index (χ0) is 13.8. The SMILES string of the molecule is CCCNSc1ncc([N+](=O)[O-])cc1C(F)(F)F. The maximum absolute atomic E-state index is 12.7. The summed E-state index contributed by atoms with van der Waals surface area (Å²) in [6, 6.07) is 0.489. The van der Waals surface area contributed by atoms with E-state index in [4.69, 9.17) is 0 Å². The van der Waals surface area contributed by atoms with E-state index in [2.05, 4.69) is 9.71 Å². The maximum Gasteiger partial charge on any atom is 0.419 e. The fourth-order valence-electron chi connectivity index (χ4n) is 1.05. The Morgan fingerprint density at radius 2 is 2.22 bits per heavy atom. The fraction of sp³-hybridized carbons (Fsp3) is 0.444. The summed E-state index contributed by atoms with van der Waals surface area (Å²) in [5.41, 5.74) is -1.78. The minimum atomic E-state index is -4.67. The van der Waals surface area contributed by atoms with Gasteiger partial charge in [-0.3, -0.25) is 14.8 Å². The van der Waals surface area contributed by atoms with E-state index in [-0.39, 0.29) is 5.03 Å². The highest BCUT2D eigenvalue weighted by Gasteiger charge is 2.36. The van der Waals surface area contributed by atoms with Crippen LogP contribution in [-0.4, -0.2) is 16.5 Å². The zero-order valence-corrected chi connectivity index (χ0v) is 10.1. The zero-order valence-electron chi connectivity index (χ0n) is 9.32. The van der Waals surface area contributed by atoms with E-state index in [1.54, 1.807) is 0 Å². The summed E-state index contributed by atoms with van der Waals surface area (Å²) in [4.78, 5) is 13.0. The highest BCUT2D eigenvalue weighted by molar-refractivity contribution is 7.97. The molecule has 0 radical (unpaired) electrons. The Hall–Kier alpha value is -1.35. The number of nitrogens with one attached hydrogen (secondary N) is 1. The fourth-order valence-corrected chi connectivity index (χ4v) is 1.88. The van der Waals surface area contributed by atoms with Gasteiger partial charge in [-0.25, -0.2) is 4.98 Å². The molecular weight excluding hydrogens is 271 g/mol. The summed E-state index contributed by atoms with van der Waals surface area (Å²) in [6.45, 7) is 2.38. The molecule has 1 heterocycles. The Bertz CT molecular complexity index is 440. The van der Waals surface area contributed by atoms with Gasteiger partial charge in [-0.2, -0.15) is 13.2 Å². The standard InChI is InChI=1S/C9H10F3N3O2S/c1-2-3-14-18-8-7(9(10,11)12)4-6(5-13-8)15(16)17/h4-5,14H,2-3H2,1H3. The first-order valence-corrected chi connectivity index (χ1v) is 5.79. The predicted molar refractivity (Wildman–Crippen MR) is 60.0 cm³/mol. The first-order chi connectivity index (χ1) is 8.36. The van der Waals surface area contributed by atoms with E-state index in [9.17, 15) is 23.3 Å². The van der Waals surface area contributed by atoms with Crippen molar-refractivity contribution in [3.05, 3.63) is 27.9 Å². The third kappa shape index (κ3) is 3.84. The molecule has 1 aromatic rings. The summed E-state index contributed by atoms with van der Waals surface area (Å²) < 4.78 is 40.8. The quantitative estimate of drug-likeness (QED) is 0.389.